The number of benzene rings is 2. The van der Waals surface area contributed by atoms with Crippen molar-refractivity contribution >= 4 is 21.4 Å². The molecule has 2 rings (SSSR count). The summed E-state index contributed by atoms with van der Waals surface area (Å²) in [6.07, 6.45) is 0. The Labute approximate surface area is 122 Å². The van der Waals surface area contributed by atoms with E-state index in [1.165, 1.54) is 18.2 Å². The summed E-state index contributed by atoms with van der Waals surface area (Å²) in [7, 11) is -3.84. The van der Waals surface area contributed by atoms with Crippen LogP contribution in [0, 0.1) is 11.3 Å². The van der Waals surface area contributed by atoms with Gasteiger partial charge in [0.15, 0.2) is 0 Å². The Morgan fingerprint density at radius 3 is 2.38 bits per heavy atom. The van der Waals surface area contributed by atoms with E-state index in [2.05, 4.69) is 4.72 Å². The summed E-state index contributed by atoms with van der Waals surface area (Å²) in [5.74, 6) is 0. The van der Waals surface area contributed by atoms with Crippen molar-refractivity contribution in [2.75, 3.05) is 10.5 Å². The molecule has 2 aromatic carbocycles. The van der Waals surface area contributed by atoms with Gasteiger partial charge in [-0.3, -0.25) is 4.72 Å². The molecule has 6 nitrogen and oxygen atoms in total. The summed E-state index contributed by atoms with van der Waals surface area (Å²) >= 11 is 0. The quantitative estimate of drug-likeness (QED) is 0.739. The summed E-state index contributed by atoms with van der Waals surface area (Å²) in [5.41, 5.74) is 7.01. The third kappa shape index (κ3) is 3.31. The van der Waals surface area contributed by atoms with Crippen LogP contribution in [0.1, 0.15) is 11.1 Å². The van der Waals surface area contributed by atoms with Crippen molar-refractivity contribution in [3.8, 4) is 6.07 Å². The number of nitriles is 1. The molecule has 0 aromatic heterocycles. The van der Waals surface area contributed by atoms with Crippen molar-refractivity contribution in [1.82, 2.24) is 0 Å². The number of hydrogen-bond acceptors (Lipinski definition) is 5. The van der Waals surface area contributed by atoms with Crippen LogP contribution in [0.2, 0.25) is 0 Å². The zero-order valence-electron chi connectivity index (χ0n) is 10.9. The van der Waals surface area contributed by atoms with Gasteiger partial charge >= 0.3 is 0 Å². The van der Waals surface area contributed by atoms with Crippen molar-refractivity contribution < 1.29 is 13.5 Å². The molecule has 0 aliphatic rings. The lowest BCUT2D eigenvalue weighted by atomic mass is 10.2. The van der Waals surface area contributed by atoms with Crippen molar-refractivity contribution in [3.63, 3.8) is 0 Å². The molecular weight excluding hydrogens is 290 g/mol. The second-order valence-corrected chi connectivity index (χ2v) is 5.98. The molecule has 0 amide bonds. The van der Waals surface area contributed by atoms with Crippen LogP contribution in [-0.2, 0) is 16.6 Å². The highest BCUT2D eigenvalue weighted by molar-refractivity contribution is 7.92. The molecule has 0 aliphatic carbocycles. The van der Waals surface area contributed by atoms with Gasteiger partial charge in [0.05, 0.1) is 23.9 Å². The lowest BCUT2D eigenvalue weighted by molar-refractivity contribution is 0.282. The second-order valence-electron chi connectivity index (χ2n) is 4.32. The minimum atomic E-state index is -3.84. The monoisotopic (exact) mass is 303 g/mol. The van der Waals surface area contributed by atoms with Gasteiger partial charge in [-0.1, -0.05) is 12.1 Å². The van der Waals surface area contributed by atoms with Crippen molar-refractivity contribution in [2.45, 2.75) is 11.5 Å². The maximum absolute atomic E-state index is 12.3. The normalized spacial score (nSPS) is 10.9. The summed E-state index contributed by atoms with van der Waals surface area (Å²) < 4.78 is 26.9. The van der Waals surface area contributed by atoms with Gasteiger partial charge in [0.2, 0.25) is 0 Å². The highest BCUT2D eigenvalue weighted by Gasteiger charge is 2.17. The number of aliphatic hydroxyl groups excluding tert-OH is 1. The number of nitrogens with one attached hydrogen (secondary N) is 1. The second kappa shape index (κ2) is 5.83. The Morgan fingerprint density at radius 2 is 1.86 bits per heavy atom. The lowest BCUT2D eigenvalue weighted by Gasteiger charge is -2.10. The zero-order chi connectivity index (χ0) is 15.5. The van der Waals surface area contributed by atoms with E-state index in [1.807, 2.05) is 6.07 Å². The van der Waals surface area contributed by atoms with Crippen LogP contribution in [0.25, 0.3) is 0 Å². The van der Waals surface area contributed by atoms with E-state index in [1.54, 1.807) is 24.3 Å². The number of anilines is 2. The van der Waals surface area contributed by atoms with Gasteiger partial charge in [-0.05, 0) is 35.9 Å². The van der Waals surface area contributed by atoms with E-state index in [0.717, 1.165) is 0 Å². The molecule has 0 aliphatic heterocycles. The number of nitrogen functional groups attached to an aromatic ring is 1. The first-order valence-electron chi connectivity index (χ1n) is 5.98. The van der Waals surface area contributed by atoms with Crippen molar-refractivity contribution in [3.05, 3.63) is 53.6 Å². The summed E-state index contributed by atoms with van der Waals surface area (Å²) in [6.45, 7) is -0.115. The number of rotatable bonds is 4. The third-order valence-electron chi connectivity index (χ3n) is 2.82. The fraction of sp³-hybridized carbons (Fsp3) is 0.0714. The molecule has 0 unspecified atom stereocenters. The third-order valence-corrected chi connectivity index (χ3v) is 4.27. The SMILES string of the molecule is N#Cc1ccc(S(=O)(=O)Nc2ccc(CO)cc2)c(N)c1. The zero-order valence-corrected chi connectivity index (χ0v) is 11.8. The Kier molecular flexibility index (Phi) is 4.12. The minimum absolute atomic E-state index is 0.00790. The molecule has 0 saturated heterocycles. The molecule has 21 heavy (non-hydrogen) atoms. The molecule has 0 radical (unpaired) electrons. The van der Waals surface area contributed by atoms with E-state index in [9.17, 15) is 8.42 Å². The van der Waals surface area contributed by atoms with Crippen molar-refractivity contribution in [1.29, 1.82) is 5.26 Å². The molecule has 0 atom stereocenters. The van der Waals surface area contributed by atoms with Gasteiger partial charge in [-0.25, -0.2) is 8.42 Å². The van der Waals surface area contributed by atoms with E-state index >= 15 is 0 Å². The first-order valence-corrected chi connectivity index (χ1v) is 7.47. The topological polar surface area (TPSA) is 116 Å². The molecular formula is C14H13N3O3S. The minimum Gasteiger partial charge on any atom is -0.398 e. The fourth-order valence-corrected chi connectivity index (χ4v) is 2.92. The smallest absolute Gasteiger partial charge is 0.263 e. The van der Waals surface area contributed by atoms with Crippen LogP contribution in [0.3, 0.4) is 0 Å². The van der Waals surface area contributed by atoms with Gasteiger partial charge < -0.3 is 10.8 Å². The maximum atomic E-state index is 12.3. The Morgan fingerprint density at radius 1 is 1.19 bits per heavy atom. The van der Waals surface area contributed by atoms with E-state index < -0.39 is 10.0 Å². The molecule has 0 bridgehead atoms. The van der Waals surface area contributed by atoms with E-state index in [0.29, 0.717) is 16.8 Å². The first-order chi connectivity index (χ1) is 9.96. The standard InChI is InChI=1S/C14H13N3O3S/c15-8-11-3-6-14(13(16)7-11)21(19,20)17-12-4-1-10(9-18)2-5-12/h1-7,17-18H,9,16H2. The van der Waals surface area contributed by atoms with Crippen LogP contribution in [0.5, 0.6) is 0 Å². The van der Waals surface area contributed by atoms with Crippen LogP contribution >= 0.6 is 0 Å². The average molecular weight is 303 g/mol. The molecule has 0 saturated carbocycles. The molecule has 7 heteroatoms. The summed E-state index contributed by atoms with van der Waals surface area (Å²) in [6, 6.07) is 12.2. The van der Waals surface area contributed by atoms with Crippen molar-refractivity contribution in [2.24, 2.45) is 0 Å². The first kappa shape index (κ1) is 14.8. The van der Waals surface area contributed by atoms with Crippen LogP contribution in [0.15, 0.2) is 47.4 Å². The van der Waals surface area contributed by atoms with Crippen LogP contribution < -0.4 is 10.5 Å². The van der Waals surface area contributed by atoms with Crippen LogP contribution in [0.4, 0.5) is 11.4 Å². The van der Waals surface area contributed by atoms with Crippen LogP contribution in [-0.4, -0.2) is 13.5 Å². The lowest BCUT2D eigenvalue weighted by Crippen LogP contribution is -2.14. The van der Waals surface area contributed by atoms with Gasteiger partial charge in [0, 0.05) is 5.69 Å². The predicted octanol–water partition coefficient (Wildman–Crippen LogP) is 1.43. The summed E-state index contributed by atoms with van der Waals surface area (Å²) in [4.78, 5) is -0.0901. The van der Waals surface area contributed by atoms with Gasteiger partial charge in [0.1, 0.15) is 4.90 Å². The highest BCUT2D eigenvalue weighted by atomic mass is 32.2. The largest absolute Gasteiger partial charge is 0.398 e. The number of nitrogens with zero attached hydrogens (tertiary/aromatic N) is 1. The Balaban J connectivity index is 2.31. The van der Waals surface area contributed by atoms with Gasteiger partial charge in [0.25, 0.3) is 10.0 Å². The Hall–Kier alpha value is -2.56. The maximum Gasteiger partial charge on any atom is 0.263 e. The number of hydrogen-bond donors (Lipinski definition) is 3. The van der Waals surface area contributed by atoms with Gasteiger partial charge in [-0.2, -0.15) is 5.26 Å². The van der Waals surface area contributed by atoms with Gasteiger partial charge in [-0.15, -0.1) is 0 Å². The number of aliphatic hydroxyl groups is 1. The molecule has 0 heterocycles. The van der Waals surface area contributed by atoms with E-state index in [4.69, 9.17) is 16.1 Å². The molecule has 108 valence electrons. The number of nitrogens with two attached hydrogens (primary N) is 1. The predicted molar refractivity (Wildman–Crippen MR) is 78.7 cm³/mol. The summed E-state index contributed by atoms with van der Waals surface area (Å²) in [5, 5.41) is 17.7. The van der Waals surface area contributed by atoms with E-state index in [-0.39, 0.29) is 17.2 Å². The number of sulfonamides is 1. The average Bonchev–Trinajstić information content (AvgIpc) is 2.47. The molecule has 0 spiro atoms. The fourth-order valence-electron chi connectivity index (χ4n) is 1.75. The molecule has 2 aromatic rings. The highest BCUT2D eigenvalue weighted by Crippen LogP contribution is 2.22. The molecule has 0 fully saturated rings. The molecule has 4 N–H and O–H groups in total. The Bertz CT molecular complexity index is 793.